The summed E-state index contributed by atoms with van der Waals surface area (Å²) >= 11 is 0. The Hall–Kier alpha value is 1.19. The molecule has 0 saturated heterocycles. The van der Waals surface area contributed by atoms with Crippen LogP contribution >= 0.6 is 0 Å². The molecule has 0 aliphatic rings. The average Bonchev–Trinajstić information content (AvgIpc) is 0.722. The molecule has 0 aromatic heterocycles. The van der Waals surface area contributed by atoms with Crippen LogP contribution < -0.4 is 33.2 Å². The Bertz CT molecular complexity index is 31.5. The molecule has 1 N–H and O–H groups in total. The zero-order valence-electron chi connectivity index (χ0n) is 4.75. The molecule has 0 aliphatic carbocycles. The zero-order chi connectivity index (χ0) is 4.50. The second kappa shape index (κ2) is 5.33. The molecule has 0 amide bonds. The SMILES string of the molecule is [Al+3].[H-].[Li+].[O-][Si]([O-])([O-])O. The predicted octanol–water partition coefficient (Wildman–Crippen LogP) is -7.77. The third-order valence-electron chi connectivity index (χ3n) is 0. The van der Waals surface area contributed by atoms with Crippen molar-refractivity contribution in [2.45, 2.75) is 0 Å². The van der Waals surface area contributed by atoms with Gasteiger partial charge in [0.1, 0.15) is 0 Å². The fraction of sp³-hybridized carbons (Fsp3) is 0. The van der Waals surface area contributed by atoms with Gasteiger partial charge in [-0.15, -0.1) is 9.05 Å². The maximum absolute atomic E-state index is 8.69. The van der Waals surface area contributed by atoms with E-state index in [2.05, 4.69) is 0 Å². The van der Waals surface area contributed by atoms with Crippen molar-refractivity contribution in [1.82, 2.24) is 0 Å². The third kappa shape index (κ3) is 137. The van der Waals surface area contributed by atoms with Crippen LogP contribution in [0.5, 0.6) is 0 Å². The molecular formula is H2AlLiO4Si. The molecule has 4 nitrogen and oxygen atoms in total. The Labute approximate surface area is 66.1 Å². The van der Waals surface area contributed by atoms with Crippen LogP contribution in [0, 0.1) is 0 Å². The molecule has 7 heteroatoms. The maximum Gasteiger partial charge on any atom is 3.00 e. The van der Waals surface area contributed by atoms with Crippen molar-refractivity contribution in [1.29, 1.82) is 0 Å². The van der Waals surface area contributed by atoms with Crippen LogP contribution in [0.1, 0.15) is 1.43 Å². The second-order valence-corrected chi connectivity index (χ2v) is 1.57. The Kier molecular flexibility index (Phi) is 12.0. The van der Waals surface area contributed by atoms with Gasteiger partial charge in [0.25, 0.3) is 0 Å². The summed E-state index contributed by atoms with van der Waals surface area (Å²) in [6.07, 6.45) is 0. The Morgan fingerprint density at radius 3 is 1.29 bits per heavy atom. The summed E-state index contributed by atoms with van der Waals surface area (Å²) in [7, 11) is -5.36. The van der Waals surface area contributed by atoms with Crippen LogP contribution in [0.4, 0.5) is 0 Å². The maximum atomic E-state index is 8.69. The van der Waals surface area contributed by atoms with Gasteiger partial charge < -0.3 is 20.6 Å². The molecule has 0 atom stereocenters. The van der Waals surface area contributed by atoms with Gasteiger partial charge in [-0.3, -0.25) is 0 Å². The van der Waals surface area contributed by atoms with Crippen molar-refractivity contribution < 1.29 is 39.5 Å². The zero-order valence-corrected chi connectivity index (χ0v) is 5.90. The third-order valence-corrected chi connectivity index (χ3v) is 0. The van der Waals surface area contributed by atoms with Crippen LogP contribution in [0.25, 0.3) is 0 Å². The molecule has 0 heterocycles. The fourth-order valence-corrected chi connectivity index (χ4v) is 0. The quantitative estimate of drug-likeness (QED) is 0.328. The summed E-state index contributed by atoms with van der Waals surface area (Å²) in [6, 6.07) is 0. The van der Waals surface area contributed by atoms with Gasteiger partial charge in [0.05, 0.1) is 0 Å². The minimum Gasteiger partial charge on any atom is -1.00 e. The van der Waals surface area contributed by atoms with Crippen LogP contribution in [0.2, 0.25) is 0 Å². The fourth-order valence-electron chi connectivity index (χ4n) is 0. The van der Waals surface area contributed by atoms with E-state index in [1.54, 1.807) is 0 Å². The molecule has 0 bridgehead atoms. The van der Waals surface area contributed by atoms with Gasteiger partial charge in [-0.25, -0.2) is 0 Å². The molecule has 0 saturated carbocycles. The first-order valence-corrected chi connectivity index (χ1v) is 2.51. The first-order valence-electron chi connectivity index (χ1n) is 0.836. The first kappa shape index (κ1) is 15.7. The molecule has 0 aromatic carbocycles. The van der Waals surface area contributed by atoms with Crippen LogP contribution in [0.15, 0.2) is 0 Å². The van der Waals surface area contributed by atoms with Gasteiger partial charge in [-0.2, -0.15) is 0 Å². The standard InChI is InChI=1S/Al.Li.HO4Si.H/c;;1-5(2,3)4;/h;;1H;/q+3;+1;-3;-1. The van der Waals surface area contributed by atoms with Crippen LogP contribution in [-0.4, -0.2) is 31.2 Å². The Morgan fingerprint density at radius 1 is 1.29 bits per heavy atom. The van der Waals surface area contributed by atoms with Crippen molar-refractivity contribution in [2.24, 2.45) is 0 Å². The summed E-state index contributed by atoms with van der Waals surface area (Å²) in [5.74, 6) is 0. The molecular weight excluding hydrogens is 126 g/mol. The summed E-state index contributed by atoms with van der Waals surface area (Å²) in [6.45, 7) is 0. The Morgan fingerprint density at radius 2 is 1.29 bits per heavy atom. The summed E-state index contributed by atoms with van der Waals surface area (Å²) in [4.78, 5) is 33.1. The van der Waals surface area contributed by atoms with E-state index in [-0.39, 0.29) is 37.6 Å². The molecule has 0 radical (unpaired) electrons. The van der Waals surface area contributed by atoms with Gasteiger partial charge in [0, 0.05) is 0 Å². The molecule has 0 aliphatic heterocycles. The van der Waals surface area contributed by atoms with E-state index in [0.717, 1.165) is 0 Å². The van der Waals surface area contributed by atoms with Crippen molar-refractivity contribution in [3.8, 4) is 0 Å². The predicted molar refractivity (Wildman–Crippen MR) is 14.8 cm³/mol. The van der Waals surface area contributed by atoms with E-state index in [0.29, 0.717) is 0 Å². The molecule has 0 fully saturated rings. The minimum absolute atomic E-state index is 0. The second-order valence-electron chi connectivity index (χ2n) is 0.524. The molecule has 34 valence electrons. The largest absolute Gasteiger partial charge is 3.00 e. The average molecular weight is 128 g/mol. The minimum atomic E-state index is -5.36. The summed E-state index contributed by atoms with van der Waals surface area (Å²) in [5.41, 5.74) is 0. The van der Waals surface area contributed by atoms with Crippen LogP contribution in [0.3, 0.4) is 0 Å². The van der Waals surface area contributed by atoms with Crippen molar-refractivity contribution in [2.75, 3.05) is 0 Å². The van der Waals surface area contributed by atoms with Gasteiger partial charge in [0.15, 0.2) is 0 Å². The molecule has 0 spiro atoms. The van der Waals surface area contributed by atoms with E-state index >= 15 is 0 Å². The first-order chi connectivity index (χ1) is 2.00. The smallest absolute Gasteiger partial charge is 1.00 e. The van der Waals surface area contributed by atoms with E-state index in [4.69, 9.17) is 19.2 Å². The van der Waals surface area contributed by atoms with Gasteiger partial charge in [-0.1, -0.05) is 0 Å². The van der Waals surface area contributed by atoms with E-state index in [1.807, 2.05) is 0 Å². The number of rotatable bonds is 0. The van der Waals surface area contributed by atoms with E-state index in [1.165, 1.54) is 0 Å². The summed E-state index contributed by atoms with van der Waals surface area (Å²) < 4.78 is 0. The van der Waals surface area contributed by atoms with Crippen molar-refractivity contribution >= 4 is 26.4 Å². The number of hydrogen-bond acceptors (Lipinski definition) is 4. The molecule has 0 aromatic rings. The van der Waals surface area contributed by atoms with E-state index < -0.39 is 9.05 Å². The number of hydrogen-bond donors (Lipinski definition) is 1. The van der Waals surface area contributed by atoms with Gasteiger partial charge >= 0.3 is 36.2 Å². The van der Waals surface area contributed by atoms with E-state index in [9.17, 15) is 0 Å². The van der Waals surface area contributed by atoms with Gasteiger partial charge in [0.2, 0.25) is 0 Å². The van der Waals surface area contributed by atoms with Crippen molar-refractivity contribution in [3.63, 3.8) is 0 Å². The molecule has 7 heavy (non-hydrogen) atoms. The van der Waals surface area contributed by atoms with Gasteiger partial charge in [-0.05, 0) is 0 Å². The monoisotopic (exact) mass is 128 g/mol. The van der Waals surface area contributed by atoms with Crippen LogP contribution in [-0.2, 0) is 0 Å². The van der Waals surface area contributed by atoms with Crippen molar-refractivity contribution in [3.05, 3.63) is 0 Å². The Balaban J connectivity index is -0.0000000267. The molecule has 0 unspecified atom stereocenters. The normalized spacial score (nSPS) is 8.57. The molecule has 0 rings (SSSR count). The topological polar surface area (TPSA) is 89.4 Å². The summed E-state index contributed by atoms with van der Waals surface area (Å²) in [5, 5.41) is 0.